The van der Waals surface area contributed by atoms with Gasteiger partial charge in [-0.1, -0.05) is 88.4 Å². The molecule has 2 aromatic carbocycles. The highest BCUT2D eigenvalue weighted by Crippen LogP contribution is 2.37. The van der Waals surface area contributed by atoms with Crippen molar-refractivity contribution in [1.29, 1.82) is 0 Å². The SMILES string of the molecule is CC(C)c1cccc(C(C)C)c1N=C1C=CC=CC1c1ccc2ccc3cccnc3c2n1. The molecular weight excluding hydrogens is 402 g/mol. The van der Waals surface area contributed by atoms with E-state index in [1.54, 1.807) is 0 Å². The second-order valence-electron chi connectivity index (χ2n) is 9.30. The number of aromatic nitrogens is 2. The van der Waals surface area contributed by atoms with Crippen molar-refractivity contribution >= 4 is 33.2 Å². The Labute approximate surface area is 195 Å². The minimum Gasteiger partial charge on any atom is -0.254 e. The minimum absolute atomic E-state index is 0.00130. The minimum atomic E-state index is -0.00130. The molecular formula is C30H29N3. The second-order valence-corrected chi connectivity index (χ2v) is 9.30. The molecule has 3 nitrogen and oxygen atoms in total. The third-order valence-electron chi connectivity index (χ3n) is 6.36. The molecule has 33 heavy (non-hydrogen) atoms. The monoisotopic (exact) mass is 431 g/mol. The van der Waals surface area contributed by atoms with Gasteiger partial charge in [0.1, 0.15) is 0 Å². The number of benzene rings is 2. The van der Waals surface area contributed by atoms with Gasteiger partial charge in [-0.05, 0) is 41.2 Å². The lowest BCUT2D eigenvalue weighted by molar-refractivity contribution is 0.834. The fourth-order valence-corrected chi connectivity index (χ4v) is 4.57. The van der Waals surface area contributed by atoms with Crippen LogP contribution in [0.4, 0.5) is 5.69 Å². The summed E-state index contributed by atoms with van der Waals surface area (Å²) in [5.41, 5.74) is 7.58. The number of fused-ring (bicyclic) bond motifs is 3. The summed E-state index contributed by atoms with van der Waals surface area (Å²) >= 11 is 0. The zero-order valence-corrected chi connectivity index (χ0v) is 19.7. The highest BCUT2D eigenvalue weighted by Gasteiger charge is 2.21. The van der Waals surface area contributed by atoms with Crippen LogP contribution in [0.1, 0.15) is 62.3 Å². The van der Waals surface area contributed by atoms with E-state index in [9.17, 15) is 0 Å². The molecule has 0 radical (unpaired) electrons. The number of nitrogens with zero attached hydrogens (tertiary/aromatic N) is 3. The maximum Gasteiger partial charge on any atom is 0.0968 e. The molecule has 2 heterocycles. The van der Waals surface area contributed by atoms with Crippen molar-refractivity contribution in [3.8, 4) is 0 Å². The van der Waals surface area contributed by atoms with Gasteiger partial charge in [0.15, 0.2) is 0 Å². The summed E-state index contributed by atoms with van der Waals surface area (Å²) in [6, 6.07) is 19.1. The van der Waals surface area contributed by atoms with E-state index in [0.29, 0.717) is 11.8 Å². The van der Waals surface area contributed by atoms with E-state index in [2.05, 4.69) is 106 Å². The molecule has 0 saturated carbocycles. The van der Waals surface area contributed by atoms with E-state index in [1.165, 1.54) is 11.1 Å². The van der Waals surface area contributed by atoms with Gasteiger partial charge in [0.2, 0.25) is 0 Å². The van der Waals surface area contributed by atoms with Crippen molar-refractivity contribution in [3.63, 3.8) is 0 Å². The predicted octanol–water partition coefficient (Wildman–Crippen LogP) is 8.01. The van der Waals surface area contributed by atoms with Gasteiger partial charge in [0.25, 0.3) is 0 Å². The van der Waals surface area contributed by atoms with Crippen LogP contribution in [-0.2, 0) is 0 Å². The molecule has 0 spiro atoms. The first kappa shape index (κ1) is 21.3. The van der Waals surface area contributed by atoms with Crippen LogP contribution in [-0.4, -0.2) is 15.7 Å². The highest BCUT2D eigenvalue weighted by atomic mass is 14.8. The van der Waals surface area contributed by atoms with Crippen LogP contribution in [0.2, 0.25) is 0 Å². The molecule has 164 valence electrons. The maximum atomic E-state index is 5.28. The van der Waals surface area contributed by atoms with E-state index < -0.39 is 0 Å². The molecule has 1 aliphatic carbocycles. The van der Waals surface area contributed by atoms with Crippen molar-refractivity contribution < 1.29 is 0 Å². The summed E-state index contributed by atoms with van der Waals surface area (Å²) in [4.78, 5) is 15.0. The quantitative estimate of drug-likeness (QED) is 0.307. The van der Waals surface area contributed by atoms with Crippen LogP contribution in [0.5, 0.6) is 0 Å². The van der Waals surface area contributed by atoms with E-state index in [4.69, 9.17) is 9.98 Å². The van der Waals surface area contributed by atoms with Crippen LogP contribution in [0, 0.1) is 0 Å². The zero-order chi connectivity index (χ0) is 22.9. The Hall–Kier alpha value is -3.59. The zero-order valence-electron chi connectivity index (χ0n) is 19.7. The molecule has 0 fully saturated rings. The lowest BCUT2D eigenvalue weighted by atomic mass is 9.91. The van der Waals surface area contributed by atoms with Crippen molar-refractivity contribution in [2.24, 2.45) is 4.99 Å². The number of rotatable bonds is 4. The summed E-state index contributed by atoms with van der Waals surface area (Å²) in [6.07, 6.45) is 10.3. The van der Waals surface area contributed by atoms with Crippen LogP contribution < -0.4 is 0 Å². The molecule has 0 bridgehead atoms. The molecule has 1 unspecified atom stereocenters. The average molecular weight is 432 g/mol. The Bertz CT molecular complexity index is 1400. The number of hydrogen-bond acceptors (Lipinski definition) is 3. The van der Waals surface area contributed by atoms with Gasteiger partial charge < -0.3 is 0 Å². The highest BCUT2D eigenvalue weighted by molar-refractivity contribution is 6.06. The largest absolute Gasteiger partial charge is 0.254 e. The summed E-state index contributed by atoms with van der Waals surface area (Å²) in [7, 11) is 0. The first-order valence-corrected chi connectivity index (χ1v) is 11.7. The van der Waals surface area contributed by atoms with E-state index in [1.807, 2.05) is 12.3 Å². The second kappa shape index (κ2) is 8.74. The van der Waals surface area contributed by atoms with Gasteiger partial charge in [-0.25, -0.2) is 4.98 Å². The first-order chi connectivity index (χ1) is 16.0. The molecule has 0 saturated heterocycles. The van der Waals surface area contributed by atoms with Crippen molar-refractivity contribution in [2.75, 3.05) is 0 Å². The molecule has 1 atom stereocenters. The lowest BCUT2D eigenvalue weighted by Crippen LogP contribution is -2.12. The van der Waals surface area contributed by atoms with Crippen LogP contribution >= 0.6 is 0 Å². The number of allylic oxidation sites excluding steroid dienone is 4. The predicted molar refractivity (Wildman–Crippen MR) is 140 cm³/mol. The van der Waals surface area contributed by atoms with Gasteiger partial charge in [-0.3, -0.25) is 9.98 Å². The van der Waals surface area contributed by atoms with Gasteiger partial charge in [0, 0.05) is 17.0 Å². The molecule has 0 amide bonds. The van der Waals surface area contributed by atoms with E-state index >= 15 is 0 Å². The normalized spacial score (nSPS) is 17.2. The lowest BCUT2D eigenvalue weighted by Gasteiger charge is -2.20. The van der Waals surface area contributed by atoms with Crippen LogP contribution in [0.25, 0.3) is 21.8 Å². The van der Waals surface area contributed by atoms with Gasteiger partial charge in [0.05, 0.1) is 34.0 Å². The molecule has 0 N–H and O–H groups in total. The third-order valence-corrected chi connectivity index (χ3v) is 6.36. The standard InChI is InChI=1S/C30H29N3/c1-19(2)23-11-7-12-24(20(3)4)30(23)33-26-13-6-5-10-25(26)27-17-16-22-15-14-21-9-8-18-31-28(21)29(22)32-27/h5-20,25H,1-4H3. The van der Waals surface area contributed by atoms with Crippen molar-refractivity contribution in [2.45, 2.75) is 45.4 Å². The summed E-state index contributed by atoms with van der Waals surface area (Å²) in [6.45, 7) is 8.95. The van der Waals surface area contributed by atoms with Crippen LogP contribution in [0.3, 0.4) is 0 Å². The van der Waals surface area contributed by atoms with Crippen molar-refractivity contribution in [3.05, 3.63) is 102 Å². The Morgan fingerprint density at radius 2 is 1.45 bits per heavy atom. The number of hydrogen-bond donors (Lipinski definition) is 0. The number of para-hydroxylation sites is 1. The number of pyridine rings is 2. The fourth-order valence-electron chi connectivity index (χ4n) is 4.57. The summed E-state index contributed by atoms with van der Waals surface area (Å²) in [5.74, 6) is 0.806. The average Bonchev–Trinajstić information content (AvgIpc) is 2.84. The molecule has 0 aliphatic heterocycles. The molecule has 4 aromatic rings. The molecule has 3 heteroatoms. The molecule has 1 aliphatic rings. The van der Waals surface area contributed by atoms with Gasteiger partial charge in [-0.2, -0.15) is 0 Å². The first-order valence-electron chi connectivity index (χ1n) is 11.7. The van der Waals surface area contributed by atoms with Crippen LogP contribution in [0.15, 0.2) is 90.1 Å². The topological polar surface area (TPSA) is 38.1 Å². The Morgan fingerprint density at radius 3 is 2.18 bits per heavy atom. The maximum absolute atomic E-state index is 5.28. The summed E-state index contributed by atoms with van der Waals surface area (Å²) in [5, 5.41) is 2.21. The van der Waals surface area contributed by atoms with Gasteiger partial charge in [-0.15, -0.1) is 0 Å². The molecule has 2 aromatic heterocycles. The summed E-state index contributed by atoms with van der Waals surface area (Å²) < 4.78 is 0. The van der Waals surface area contributed by atoms with E-state index in [-0.39, 0.29) is 5.92 Å². The van der Waals surface area contributed by atoms with Crippen molar-refractivity contribution in [1.82, 2.24) is 9.97 Å². The fraction of sp³-hybridized carbons (Fsp3) is 0.233. The van der Waals surface area contributed by atoms with E-state index in [0.717, 1.165) is 38.9 Å². The number of aliphatic imine (C=N–C) groups is 1. The van der Waals surface area contributed by atoms with Gasteiger partial charge >= 0.3 is 0 Å². The Morgan fingerprint density at radius 1 is 0.758 bits per heavy atom. The Kier molecular flexibility index (Phi) is 5.63. The smallest absolute Gasteiger partial charge is 0.0968 e. The molecule has 5 rings (SSSR count). The Balaban J connectivity index is 1.66. The third kappa shape index (κ3) is 4.00.